The largest absolute Gasteiger partial charge is 0.497 e. The van der Waals surface area contributed by atoms with Gasteiger partial charge in [0.1, 0.15) is 11.8 Å². The van der Waals surface area contributed by atoms with E-state index in [1.807, 2.05) is 110 Å². The summed E-state index contributed by atoms with van der Waals surface area (Å²) in [5.74, 6) is 0.259. The number of methoxy groups -OCH3 is 1. The van der Waals surface area contributed by atoms with Crippen LogP contribution in [0.4, 0.5) is 11.4 Å². The molecule has 1 atom stereocenters. The molecule has 4 aromatic rings. The topological polar surface area (TPSA) is 71.1 Å². The van der Waals surface area contributed by atoms with Crippen molar-refractivity contribution in [3.05, 3.63) is 125 Å². The molecule has 42 heavy (non-hydrogen) atoms. The van der Waals surface area contributed by atoms with Crippen molar-refractivity contribution in [3.8, 4) is 5.75 Å². The monoisotopic (exact) mass is 563 g/mol. The van der Waals surface area contributed by atoms with E-state index in [9.17, 15) is 9.59 Å². The maximum absolute atomic E-state index is 14.2. The van der Waals surface area contributed by atoms with Gasteiger partial charge in [0, 0.05) is 31.0 Å². The lowest BCUT2D eigenvalue weighted by Gasteiger charge is -2.32. The Hall–Kier alpha value is -4.62. The predicted molar refractivity (Wildman–Crippen MR) is 166 cm³/mol. The molecule has 1 unspecified atom stereocenters. The van der Waals surface area contributed by atoms with Crippen molar-refractivity contribution in [2.75, 3.05) is 43.6 Å². The Kier molecular flexibility index (Phi) is 9.51. The number of anilines is 2. The van der Waals surface area contributed by atoms with Gasteiger partial charge in [0.25, 0.3) is 5.91 Å². The number of hydrogen-bond donors (Lipinski definition) is 1. The zero-order valence-electron chi connectivity index (χ0n) is 24.2. The molecule has 1 saturated heterocycles. The summed E-state index contributed by atoms with van der Waals surface area (Å²) in [5.41, 5.74) is 5.39. The number of carbonyl (C=O) groups is 2. The van der Waals surface area contributed by atoms with Gasteiger partial charge in [-0.25, -0.2) is 0 Å². The molecular weight excluding hydrogens is 526 g/mol. The quantitative estimate of drug-likeness (QED) is 0.264. The van der Waals surface area contributed by atoms with Crippen LogP contribution in [0.1, 0.15) is 28.3 Å². The van der Waals surface area contributed by atoms with E-state index >= 15 is 0 Å². The summed E-state index contributed by atoms with van der Waals surface area (Å²) in [5, 5.41) is 3.09. The Morgan fingerprint density at radius 2 is 1.55 bits per heavy atom. The van der Waals surface area contributed by atoms with Gasteiger partial charge in [-0.1, -0.05) is 66.7 Å². The van der Waals surface area contributed by atoms with Crippen molar-refractivity contribution in [3.63, 3.8) is 0 Å². The van der Waals surface area contributed by atoms with Gasteiger partial charge in [-0.2, -0.15) is 0 Å². The number of rotatable bonds is 10. The third-order valence-electron chi connectivity index (χ3n) is 7.62. The molecule has 0 bridgehead atoms. The normalized spacial score (nSPS) is 13.7. The predicted octanol–water partition coefficient (Wildman–Crippen LogP) is 5.79. The van der Waals surface area contributed by atoms with Crippen LogP contribution in [0.15, 0.2) is 103 Å². The minimum Gasteiger partial charge on any atom is -0.497 e. The minimum absolute atomic E-state index is 0.136. The summed E-state index contributed by atoms with van der Waals surface area (Å²) in [7, 11) is 1.60. The number of carbonyl (C=O) groups excluding carboxylic acids is 2. The summed E-state index contributed by atoms with van der Waals surface area (Å²) in [4.78, 5) is 32.2. The fraction of sp³-hybridized carbons (Fsp3) is 0.257. The average Bonchev–Trinajstić information content (AvgIpc) is 3.03. The van der Waals surface area contributed by atoms with Crippen LogP contribution >= 0.6 is 0 Å². The summed E-state index contributed by atoms with van der Waals surface area (Å²) < 4.78 is 10.8. The fourth-order valence-electron chi connectivity index (χ4n) is 5.21. The van der Waals surface area contributed by atoms with Crippen LogP contribution < -0.4 is 15.0 Å². The first kappa shape index (κ1) is 28.9. The smallest absolute Gasteiger partial charge is 0.251 e. The van der Waals surface area contributed by atoms with Crippen LogP contribution in [0.2, 0.25) is 0 Å². The highest BCUT2D eigenvalue weighted by molar-refractivity contribution is 5.98. The van der Waals surface area contributed by atoms with Crippen LogP contribution in [-0.4, -0.2) is 50.1 Å². The highest BCUT2D eigenvalue weighted by Crippen LogP contribution is 2.29. The Morgan fingerprint density at radius 1 is 0.881 bits per heavy atom. The number of benzene rings is 4. The lowest BCUT2D eigenvalue weighted by molar-refractivity contribution is -0.139. The van der Waals surface area contributed by atoms with Crippen molar-refractivity contribution in [2.24, 2.45) is 0 Å². The molecule has 216 valence electrons. The zero-order valence-corrected chi connectivity index (χ0v) is 24.2. The van der Waals surface area contributed by atoms with E-state index < -0.39 is 6.04 Å². The molecule has 0 saturated carbocycles. The summed E-state index contributed by atoms with van der Waals surface area (Å²) in [6.45, 7) is 5.39. The molecule has 1 aliphatic rings. The summed E-state index contributed by atoms with van der Waals surface area (Å²) in [6, 6.07) is 31.9. The second kappa shape index (κ2) is 13.8. The molecule has 0 aliphatic carbocycles. The fourth-order valence-corrected chi connectivity index (χ4v) is 5.21. The molecule has 1 aliphatic heterocycles. The number of aryl methyl sites for hydroxylation is 1. The van der Waals surface area contributed by atoms with Gasteiger partial charge < -0.3 is 24.6 Å². The lowest BCUT2D eigenvalue weighted by atomic mass is 10.00. The van der Waals surface area contributed by atoms with Gasteiger partial charge in [-0.3, -0.25) is 9.59 Å². The molecule has 1 fully saturated rings. The molecular formula is C35H37N3O4. The molecule has 5 rings (SSSR count). The minimum atomic E-state index is -0.870. The van der Waals surface area contributed by atoms with Crippen molar-refractivity contribution >= 4 is 23.2 Å². The molecule has 2 amide bonds. The first-order valence-corrected chi connectivity index (χ1v) is 14.3. The van der Waals surface area contributed by atoms with Crippen LogP contribution in [-0.2, 0) is 27.3 Å². The number of nitrogens with zero attached hydrogens (tertiary/aromatic N) is 2. The number of ether oxygens (including phenoxy) is 2. The first-order valence-electron chi connectivity index (χ1n) is 14.3. The van der Waals surface area contributed by atoms with Gasteiger partial charge in [-0.05, 0) is 65.6 Å². The maximum Gasteiger partial charge on any atom is 0.251 e. The molecule has 1 heterocycles. The number of morpholine rings is 1. The van der Waals surface area contributed by atoms with E-state index in [1.165, 1.54) is 0 Å². The molecule has 7 nitrogen and oxygen atoms in total. The molecule has 1 N–H and O–H groups in total. The second-order valence-corrected chi connectivity index (χ2v) is 10.4. The molecule has 4 aromatic carbocycles. The van der Waals surface area contributed by atoms with Gasteiger partial charge in [0.05, 0.1) is 26.7 Å². The van der Waals surface area contributed by atoms with Gasteiger partial charge in [0.2, 0.25) is 5.91 Å². The SMILES string of the molecule is COc1ccc(C(C(=O)Nc2ccc(N3CCOCC3)cc2)N(Cc2ccccc2C)C(=O)Cc2ccccc2)cc1. The molecule has 7 heteroatoms. The highest BCUT2D eigenvalue weighted by atomic mass is 16.5. The standard InChI is InChI=1S/C35H37N3O4/c1-26-8-6-7-11-29(26)25-38(33(39)24-27-9-4-3-5-10-27)34(28-12-18-32(41-2)19-13-28)35(40)36-30-14-16-31(17-15-30)37-20-22-42-23-21-37/h3-19,34H,20-25H2,1-2H3,(H,36,40). The zero-order chi connectivity index (χ0) is 29.3. The van der Waals surface area contributed by atoms with E-state index in [0.29, 0.717) is 36.8 Å². The van der Waals surface area contributed by atoms with Gasteiger partial charge in [0.15, 0.2) is 0 Å². The Labute approximate surface area is 247 Å². The van der Waals surface area contributed by atoms with E-state index in [1.54, 1.807) is 12.0 Å². The van der Waals surface area contributed by atoms with Crippen molar-refractivity contribution < 1.29 is 19.1 Å². The van der Waals surface area contributed by atoms with Crippen LogP contribution in [0, 0.1) is 6.92 Å². The Balaban J connectivity index is 1.48. The van der Waals surface area contributed by atoms with Crippen LogP contribution in [0.3, 0.4) is 0 Å². The number of hydrogen-bond acceptors (Lipinski definition) is 5. The lowest BCUT2D eigenvalue weighted by Crippen LogP contribution is -2.41. The van der Waals surface area contributed by atoms with Crippen LogP contribution in [0.5, 0.6) is 5.75 Å². The molecule has 0 spiro atoms. The maximum atomic E-state index is 14.2. The van der Waals surface area contributed by atoms with Crippen molar-refractivity contribution in [1.29, 1.82) is 0 Å². The van der Waals surface area contributed by atoms with Crippen molar-refractivity contribution in [2.45, 2.75) is 25.9 Å². The van der Waals surface area contributed by atoms with E-state index in [0.717, 1.165) is 35.5 Å². The van der Waals surface area contributed by atoms with E-state index in [4.69, 9.17) is 9.47 Å². The third-order valence-corrected chi connectivity index (χ3v) is 7.62. The van der Waals surface area contributed by atoms with Gasteiger partial charge in [-0.15, -0.1) is 0 Å². The van der Waals surface area contributed by atoms with E-state index in [2.05, 4.69) is 10.2 Å². The van der Waals surface area contributed by atoms with Crippen molar-refractivity contribution in [1.82, 2.24) is 4.90 Å². The average molecular weight is 564 g/mol. The molecule has 0 aromatic heterocycles. The van der Waals surface area contributed by atoms with Gasteiger partial charge >= 0.3 is 0 Å². The van der Waals surface area contributed by atoms with Crippen LogP contribution in [0.25, 0.3) is 0 Å². The number of amides is 2. The summed E-state index contributed by atoms with van der Waals surface area (Å²) >= 11 is 0. The highest BCUT2D eigenvalue weighted by Gasteiger charge is 2.32. The Morgan fingerprint density at radius 3 is 2.21 bits per heavy atom. The number of nitrogens with one attached hydrogen (secondary N) is 1. The first-order chi connectivity index (χ1) is 20.5. The Bertz CT molecular complexity index is 1470. The second-order valence-electron chi connectivity index (χ2n) is 10.4. The third kappa shape index (κ3) is 7.17. The van der Waals surface area contributed by atoms with E-state index in [-0.39, 0.29) is 18.2 Å². The summed E-state index contributed by atoms with van der Waals surface area (Å²) in [6.07, 6.45) is 0.181. The molecule has 0 radical (unpaired) electrons.